The number of pyridine rings is 1. The molecule has 0 fully saturated rings. The van der Waals surface area contributed by atoms with Crippen LogP contribution in [-0.4, -0.2) is 22.6 Å². The average molecular weight is 281 g/mol. The fraction of sp³-hybridized carbons (Fsp3) is 0.188. The summed E-state index contributed by atoms with van der Waals surface area (Å²) in [4.78, 5) is 4.38. The molecule has 3 aromatic rings. The van der Waals surface area contributed by atoms with Crippen LogP contribution in [0.25, 0.3) is 5.65 Å². The molecule has 0 bridgehead atoms. The largest absolute Gasteiger partial charge is 0.486 e. The number of nitrogens with one attached hydrogen (secondary N) is 1. The molecular weight excluding hydrogens is 266 g/mol. The first kappa shape index (κ1) is 12.1. The van der Waals surface area contributed by atoms with Crippen LogP contribution in [-0.2, 0) is 6.54 Å². The van der Waals surface area contributed by atoms with Gasteiger partial charge in [-0.1, -0.05) is 6.07 Å². The first-order chi connectivity index (χ1) is 10.4. The maximum atomic E-state index is 5.59. The summed E-state index contributed by atoms with van der Waals surface area (Å²) < 4.78 is 13.2. The first-order valence-corrected chi connectivity index (χ1v) is 6.95. The van der Waals surface area contributed by atoms with Crippen molar-refractivity contribution in [2.75, 3.05) is 18.5 Å². The van der Waals surface area contributed by atoms with E-state index < -0.39 is 0 Å². The number of aromatic nitrogens is 2. The Balaban J connectivity index is 1.54. The van der Waals surface area contributed by atoms with Gasteiger partial charge in [-0.3, -0.25) is 0 Å². The van der Waals surface area contributed by atoms with E-state index in [2.05, 4.69) is 14.7 Å². The molecule has 0 unspecified atom stereocenters. The van der Waals surface area contributed by atoms with E-state index in [0.29, 0.717) is 19.8 Å². The Labute approximate surface area is 122 Å². The van der Waals surface area contributed by atoms with Crippen LogP contribution in [0.2, 0.25) is 0 Å². The van der Waals surface area contributed by atoms with Crippen LogP contribution < -0.4 is 14.8 Å². The molecular formula is C16H15N3O2. The van der Waals surface area contributed by atoms with Crippen molar-refractivity contribution in [1.82, 2.24) is 9.38 Å². The normalized spacial score (nSPS) is 13.3. The van der Waals surface area contributed by atoms with Gasteiger partial charge in [-0.05, 0) is 24.3 Å². The van der Waals surface area contributed by atoms with Gasteiger partial charge in [-0.25, -0.2) is 4.98 Å². The van der Waals surface area contributed by atoms with E-state index in [1.54, 1.807) is 0 Å². The van der Waals surface area contributed by atoms with Crippen molar-refractivity contribution < 1.29 is 9.47 Å². The third-order valence-electron chi connectivity index (χ3n) is 3.51. The van der Waals surface area contributed by atoms with Gasteiger partial charge in [0.2, 0.25) is 0 Å². The van der Waals surface area contributed by atoms with Crippen LogP contribution in [0.4, 0.5) is 5.69 Å². The third kappa shape index (κ3) is 2.27. The van der Waals surface area contributed by atoms with Gasteiger partial charge in [-0.15, -0.1) is 0 Å². The van der Waals surface area contributed by atoms with Crippen molar-refractivity contribution in [2.24, 2.45) is 0 Å². The number of nitrogens with zero attached hydrogens (tertiary/aromatic N) is 2. The molecule has 1 aliphatic rings. The highest BCUT2D eigenvalue weighted by molar-refractivity contribution is 5.55. The van der Waals surface area contributed by atoms with Crippen molar-refractivity contribution in [3.05, 3.63) is 54.5 Å². The van der Waals surface area contributed by atoms with Crippen LogP contribution >= 0.6 is 0 Å². The van der Waals surface area contributed by atoms with Crippen molar-refractivity contribution in [1.29, 1.82) is 0 Å². The molecule has 1 aromatic carbocycles. The lowest BCUT2D eigenvalue weighted by atomic mass is 10.2. The first-order valence-electron chi connectivity index (χ1n) is 6.95. The predicted octanol–water partition coefficient (Wildman–Crippen LogP) is 2.72. The van der Waals surface area contributed by atoms with Crippen molar-refractivity contribution in [3.63, 3.8) is 0 Å². The van der Waals surface area contributed by atoms with Gasteiger partial charge in [0.25, 0.3) is 0 Å². The number of benzene rings is 1. The molecule has 106 valence electrons. The van der Waals surface area contributed by atoms with Gasteiger partial charge in [0.15, 0.2) is 11.5 Å². The zero-order valence-electron chi connectivity index (χ0n) is 11.5. The highest BCUT2D eigenvalue weighted by Gasteiger charge is 2.11. The van der Waals surface area contributed by atoms with Gasteiger partial charge >= 0.3 is 0 Å². The molecule has 5 heteroatoms. The van der Waals surface area contributed by atoms with Crippen LogP contribution in [0.3, 0.4) is 0 Å². The van der Waals surface area contributed by atoms with E-state index >= 15 is 0 Å². The molecule has 1 N–H and O–H groups in total. The Morgan fingerprint density at radius 2 is 2.00 bits per heavy atom. The second-order valence-corrected chi connectivity index (χ2v) is 4.89. The molecule has 0 spiro atoms. The molecule has 21 heavy (non-hydrogen) atoms. The summed E-state index contributed by atoms with van der Waals surface area (Å²) in [5.41, 5.74) is 3.07. The molecule has 0 saturated carbocycles. The Kier molecular flexibility index (Phi) is 2.88. The highest BCUT2D eigenvalue weighted by Crippen LogP contribution is 2.32. The molecule has 0 amide bonds. The smallest absolute Gasteiger partial charge is 0.163 e. The molecule has 0 atom stereocenters. The Bertz CT molecular complexity index is 782. The maximum Gasteiger partial charge on any atom is 0.163 e. The average Bonchev–Trinajstić information content (AvgIpc) is 2.96. The topological polar surface area (TPSA) is 47.8 Å². The summed E-state index contributed by atoms with van der Waals surface area (Å²) in [6, 6.07) is 11.9. The van der Waals surface area contributed by atoms with Crippen molar-refractivity contribution in [2.45, 2.75) is 6.54 Å². The predicted molar refractivity (Wildman–Crippen MR) is 80.0 cm³/mol. The number of ether oxygens (including phenoxy) is 2. The van der Waals surface area contributed by atoms with E-state index in [-0.39, 0.29) is 0 Å². The van der Waals surface area contributed by atoms with Crippen molar-refractivity contribution >= 4 is 11.3 Å². The van der Waals surface area contributed by atoms with Crippen LogP contribution in [0.1, 0.15) is 5.69 Å². The zero-order chi connectivity index (χ0) is 14.1. The lowest BCUT2D eigenvalue weighted by Gasteiger charge is -2.19. The minimum Gasteiger partial charge on any atom is -0.486 e. The summed E-state index contributed by atoms with van der Waals surface area (Å²) in [6.45, 7) is 1.91. The third-order valence-corrected chi connectivity index (χ3v) is 3.51. The SMILES string of the molecule is c1ccn2c(CNc3ccc4c(c3)OCCO4)cnc2c1. The van der Waals surface area contributed by atoms with Crippen molar-refractivity contribution in [3.8, 4) is 11.5 Å². The Morgan fingerprint density at radius 1 is 1.10 bits per heavy atom. The van der Waals surface area contributed by atoms with Crippen LogP contribution in [0.15, 0.2) is 48.8 Å². The molecule has 0 radical (unpaired) electrons. The van der Waals surface area contributed by atoms with E-state index in [9.17, 15) is 0 Å². The highest BCUT2D eigenvalue weighted by atomic mass is 16.6. The monoisotopic (exact) mass is 281 g/mol. The zero-order valence-corrected chi connectivity index (χ0v) is 11.5. The second kappa shape index (κ2) is 5.01. The molecule has 1 aliphatic heterocycles. The summed E-state index contributed by atoms with van der Waals surface area (Å²) in [5, 5.41) is 3.39. The summed E-state index contributed by atoms with van der Waals surface area (Å²) in [7, 11) is 0. The van der Waals surface area contributed by atoms with E-state index in [1.807, 2.05) is 48.8 Å². The number of imidazole rings is 1. The quantitative estimate of drug-likeness (QED) is 0.802. The van der Waals surface area contributed by atoms with Gasteiger partial charge in [-0.2, -0.15) is 0 Å². The minimum atomic E-state index is 0.601. The molecule has 3 heterocycles. The fourth-order valence-electron chi connectivity index (χ4n) is 2.46. The van der Waals surface area contributed by atoms with E-state index in [1.165, 1.54) is 0 Å². The fourth-order valence-corrected chi connectivity index (χ4v) is 2.46. The second-order valence-electron chi connectivity index (χ2n) is 4.89. The van der Waals surface area contributed by atoms with Crippen LogP contribution in [0.5, 0.6) is 11.5 Å². The Hall–Kier alpha value is -2.69. The maximum absolute atomic E-state index is 5.59. The number of anilines is 1. The lowest BCUT2D eigenvalue weighted by Crippen LogP contribution is -2.15. The summed E-state index contributed by atoms with van der Waals surface area (Å²) >= 11 is 0. The molecule has 5 nitrogen and oxygen atoms in total. The van der Waals surface area contributed by atoms with Gasteiger partial charge in [0.1, 0.15) is 18.9 Å². The molecule has 0 saturated heterocycles. The molecule has 0 aliphatic carbocycles. The number of hydrogen-bond acceptors (Lipinski definition) is 4. The summed E-state index contributed by atoms with van der Waals surface area (Å²) in [5.74, 6) is 1.60. The molecule has 4 rings (SSSR count). The van der Waals surface area contributed by atoms with Crippen LogP contribution in [0, 0.1) is 0 Å². The lowest BCUT2D eigenvalue weighted by molar-refractivity contribution is 0.171. The molecule has 2 aromatic heterocycles. The van der Waals surface area contributed by atoms with Gasteiger partial charge in [0, 0.05) is 18.0 Å². The number of hydrogen-bond donors (Lipinski definition) is 1. The van der Waals surface area contributed by atoms with E-state index in [0.717, 1.165) is 28.5 Å². The minimum absolute atomic E-state index is 0.601. The van der Waals surface area contributed by atoms with Gasteiger partial charge in [0.05, 0.1) is 18.4 Å². The standard InChI is InChI=1S/C16H15N3O2/c1-2-6-19-13(11-18-16(19)3-1)10-17-12-4-5-14-15(9-12)21-8-7-20-14/h1-6,9,11,17H,7-8,10H2. The number of fused-ring (bicyclic) bond motifs is 2. The van der Waals surface area contributed by atoms with Gasteiger partial charge < -0.3 is 19.2 Å². The number of rotatable bonds is 3. The van der Waals surface area contributed by atoms with E-state index in [4.69, 9.17) is 9.47 Å². The summed E-state index contributed by atoms with van der Waals surface area (Å²) in [6.07, 6.45) is 3.91. The Morgan fingerprint density at radius 3 is 2.95 bits per heavy atom.